The van der Waals surface area contributed by atoms with Crippen LogP contribution in [0, 0.1) is 0 Å². The number of nitrogen functional groups attached to an aromatic ring is 1. The molecule has 0 fully saturated rings. The number of hydrogen-bond donors (Lipinski definition) is 4. The lowest BCUT2D eigenvalue weighted by atomic mass is 10.3. The van der Waals surface area contributed by atoms with Crippen LogP contribution in [0.25, 0.3) is 0 Å². The monoisotopic (exact) mass is 297 g/mol. The number of hydrazine groups is 1. The maximum absolute atomic E-state index is 8.82. The second-order valence-electron chi connectivity index (χ2n) is 4.80. The van der Waals surface area contributed by atoms with E-state index < -0.39 is 0 Å². The Balaban J connectivity index is 2.69. The van der Waals surface area contributed by atoms with Crippen LogP contribution in [-0.4, -0.2) is 51.3 Å². The van der Waals surface area contributed by atoms with Gasteiger partial charge in [0.1, 0.15) is 0 Å². The van der Waals surface area contributed by atoms with Gasteiger partial charge in [0.15, 0.2) is 0 Å². The van der Waals surface area contributed by atoms with Crippen LogP contribution in [-0.2, 0) is 0 Å². The normalized spacial score (nSPS) is 10.9. The Labute approximate surface area is 126 Å². The van der Waals surface area contributed by atoms with E-state index in [2.05, 4.69) is 44.6 Å². The molecule has 8 heteroatoms. The van der Waals surface area contributed by atoms with Gasteiger partial charge in [-0.3, -0.25) is 5.43 Å². The molecule has 0 saturated heterocycles. The maximum atomic E-state index is 8.82. The minimum Gasteiger partial charge on any atom is -0.395 e. The van der Waals surface area contributed by atoms with Crippen molar-refractivity contribution in [3.05, 3.63) is 0 Å². The number of hydrogen-bond acceptors (Lipinski definition) is 8. The van der Waals surface area contributed by atoms with E-state index in [9.17, 15) is 0 Å². The average Bonchev–Trinajstić information content (AvgIpc) is 2.47. The largest absolute Gasteiger partial charge is 0.395 e. The SMILES string of the molecule is CCCCN(CCCC)Nc1nc(N)nc(NCCO)n1. The zero-order chi connectivity index (χ0) is 15.5. The fourth-order valence-corrected chi connectivity index (χ4v) is 1.75. The smallest absolute Gasteiger partial charge is 0.244 e. The lowest BCUT2D eigenvalue weighted by Gasteiger charge is -2.23. The zero-order valence-electron chi connectivity index (χ0n) is 13.0. The summed E-state index contributed by atoms with van der Waals surface area (Å²) in [4.78, 5) is 12.3. The van der Waals surface area contributed by atoms with E-state index in [1.54, 1.807) is 0 Å². The fourth-order valence-electron chi connectivity index (χ4n) is 1.75. The van der Waals surface area contributed by atoms with Crippen molar-refractivity contribution in [2.24, 2.45) is 0 Å². The molecule has 21 heavy (non-hydrogen) atoms. The number of unbranched alkanes of at least 4 members (excludes halogenated alkanes) is 2. The molecule has 0 radical (unpaired) electrons. The van der Waals surface area contributed by atoms with Crippen LogP contribution < -0.4 is 16.5 Å². The molecule has 0 aliphatic heterocycles. The highest BCUT2D eigenvalue weighted by Crippen LogP contribution is 2.08. The average molecular weight is 297 g/mol. The molecule has 0 atom stereocenters. The van der Waals surface area contributed by atoms with Crippen LogP contribution >= 0.6 is 0 Å². The van der Waals surface area contributed by atoms with Crippen molar-refractivity contribution in [3.63, 3.8) is 0 Å². The summed E-state index contributed by atoms with van der Waals surface area (Å²) in [6.45, 7) is 6.57. The van der Waals surface area contributed by atoms with Gasteiger partial charge in [-0.2, -0.15) is 15.0 Å². The first kappa shape index (κ1) is 17.4. The molecule has 0 aromatic carbocycles. The summed E-state index contributed by atoms with van der Waals surface area (Å²) in [6, 6.07) is 0. The van der Waals surface area contributed by atoms with Gasteiger partial charge in [0.05, 0.1) is 6.61 Å². The molecule has 120 valence electrons. The van der Waals surface area contributed by atoms with Crippen molar-refractivity contribution in [2.45, 2.75) is 39.5 Å². The zero-order valence-corrected chi connectivity index (χ0v) is 13.0. The summed E-state index contributed by atoms with van der Waals surface area (Å²) in [6.07, 6.45) is 4.47. The van der Waals surface area contributed by atoms with Crippen molar-refractivity contribution in [3.8, 4) is 0 Å². The molecule has 0 bridgehead atoms. The Morgan fingerprint density at radius 2 is 1.67 bits per heavy atom. The first-order valence-corrected chi connectivity index (χ1v) is 7.57. The molecule has 1 aromatic rings. The minimum absolute atomic E-state index is 0.00742. The summed E-state index contributed by atoms with van der Waals surface area (Å²) in [7, 11) is 0. The standard InChI is InChI=1S/C13H27N7O/c1-3-5-8-20(9-6-4-2)19-13-17-11(14)16-12(18-13)15-7-10-21/h21H,3-10H2,1-2H3,(H4,14,15,16,17,18,19). The first-order valence-electron chi connectivity index (χ1n) is 7.57. The molecule has 0 aliphatic carbocycles. The lowest BCUT2D eigenvalue weighted by molar-refractivity contribution is 0.310. The highest BCUT2D eigenvalue weighted by molar-refractivity contribution is 5.39. The summed E-state index contributed by atoms with van der Waals surface area (Å²) in [5, 5.41) is 13.8. The molecule has 5 N–H and O–H groups in total. The predicted octanol–water partition coefficient (Wildman–Crippen LogP) is 1.09. The molecular weight excluding hydrogens is 270 g/mol. The second-order valence-corrected chi connectivity index (χ2v) is 4.80. The number of rotatable bonds is 11. The summed E-state index contributed by atoms with van der Waals surface area (Å²) < 4.78 is 0. The number of aromatic nitrogens is 3. The number of anilines is 3. The van der Waals surface area contributed by atoms with Gasteiger partial charge < -0.3 is 16.2 Å². The van der Waals surface area contributed by atoms with E-state index >= 15 is 0 Å². The number of aliphatic hydroxyl groups excluding tert-OH is 1. The van der Waals surface area contributed by atoms with E-state index in [1.807, 2.05) is 0 Å². The Kier molecular flexibility index (Phi) is 8.37. The van der Waals surface area contributed by atoms with Gasteiger partial charge in [-0.05, 0) is 12.8 Å². The molecule has 1 rings (SSSR count). The Morgan fingerprint density at radius 1 is 1.05 bits per heavy atom. The third-order valence-electron chi connectivity index (χ3n) is 2.87. The molecule has 0 unspecified atom stereocenters. The van der Waals surface area contributed by atoms with Crippen LogP contribution in [0.15, 0.2) is 0 Å². The molecule has 8 nitrogen and oxygen atoms in total. The molecule has 1 heterocycles. The second kappa shape index (κ2) is 10.1. The highest BCUT2D eigenvalue weighted by atomic mass is 16.3. The van der Waals surface area contributed by atoms with Gasteiger partial charge in [0, 0.05) is 19.6 Å². The van der Waals surface area contributed by atoms with Gasteiger partial charge in [-0.25, -0.2) is 5.01 Å². The van der Waals surface area contributed by atoms with E-state index in [0.29, 0.717) is 18.4 Å². The Morgan fingerprint density at radius 3 is 2.24 bits per heavy atom. The topological polar surface area (TPSA) is 112 Å². The number of nitrogens with two attached hydrogens (primary N) is 1. The highest BCUT2D eigenvalue weighted by Gasteiger charge is 2.08. The van der Waals surface area contributed by atoms with Gasteiger partial charge >= 0.3 is 0 Å². The quantitative estimate of drug-likeness (QED) is 0.449. The maximum Gasteiger partial charge on any atom is 0.244 e. The van der Waals surface area contributed by atoms with Crippen LogP contribution in [0.3, 0.4) is 0 Å². The molecule has 0 aliphatic rings. The Bertz CT molecular complexity index is 394. The number of aliphatic hydroxyl groups is 1. The van der Waals surface area contributed by atoms with Crippen LogP contribution in [0.1, 0.15) is 39.5 Å². The molecule has 1 aromatic heterocycles. The van der Waals surface area contributed by atoms with Crippen LogP contribution in [0.4, 0.5) is 17.8 Å². The van der Waals surface area contributed by atoms with Gasteiger partial charge in [-0.1, -0.05) is 26.7 Å². The fraction of sp³-hybridized carbons (Fsp3) is 0.769. The van der Waals surface area contributed by atoms with Gasteiger partial charge in [0.25, 0.3) is 0 Å². The van der Waals surface area contributed by atoms with Gasteiger partial charge in [0.2, 0.25) is 17.8 Å². The third kappa shape index (κ3) is 7.05. The molecular formula is C13H27N7O. The van der Waals surface area contributed by atoms with Gasteiger partial charge in [-0.15, -0.1) is 0 Å². The molecule has 0 spiro atoms. The van der Waals surface area contributed by atoms with E-state index in [1.165, 1.54) is 0 Å². The number of nitrogens with zero attached hydrogens (tertiary/aromatic N) is 4. The van der Waals surface area contributed by atoms with Crippen molar-refractivity contribution in [1.29, 1.82) is 0 Å². The minimum atomic E-state index is 0.00742. The third-order valence-corrected chi connectivity index (χ3v) is 2.87. The summed E-state index contributed by atoms with van der Waals surface area (Å²) in [5.74, 6) is 0.944. The number of nitrogens with one attached hydrogen (secondary N) is 2. The summed E-state index contributed by atoms with van der Waals surface area (Å²) in [5.41, 5.74) is 8.88. The van der Waals surface area contributed by atoms with Crippen molar-refractivity contribution < 1.29 is 5.11 Å². The molecule has 0 saturated carbocycles. The predicted molar refractivity (Wildman–Crippen MR) is 84.8 cm³/mol. The van der Waals surface area contributed by atoms with Crippen molar-refractivity contribution in [2.75, 3.05) is 42.7 Å². The lowest BCUT2D eigenvalue weighted by Crippen LogP contribution is -2.33. The first-order chi connectivity index (χ1) is 10.2. The van der Waals surface area contributed by atoms with Crippen LogP contribution in [0.2, 0.25) is 0 Å². The Hall–Kier alpha value is -1.67. The molecule has 0 amide bonds. The van der Waals surface area contributed by atoms with Crippen molar-refractivity contribution >= 4 is 17.8 Å². The summed E-state index contributed by atoms with van der Waals surface area (Å²) >= 11 is 0. The van der Waals surface area contributed by atoms with Crippen LogP contribution in [0.5, 0.6) is 0 Å². The van der Waals surface area contributed by atoms with Crippen molar-refractivity contribution in [1.82, 2.24) is 20.0 Å². The van der Waals surface area contributed by atoms with E-state index in [0.717, 1.165) is 38.8 Å². The van der Waals surface area contributed by atoms with E-state index in [-0.39, 0.29) is 12.6 Å². The van der Waals surface area contributed by atoms with E-state index in [4.69, 9.17) is 10.8 Å².